The first kappa shape index (κ1) is 4.56. The average molecular weight is 99.1 g/mol. The summed E-state index contributed by atoms with van der Waals surface area (Å²) >= 11 is 0. The van der Waals surface area contributed by atoms with Crippen molar-refractivity contribution in [1.29, 1.82) is 0 Å². The summed E-state index contributed by atoms with van der Waals surface area (Å²) in [6.45, 7) is 2.95. The smallest absolute Gasteiger partial charge is 0.0838 e. The van der Waals surface area contributed by atoms with E-state index < -0.39 is 0 Å². The minimum atomic E-state index is 0.514. The first-order valence-corrected chi connectivity index (χ1v) is 2.41. The van der Waals surface area contributed by atoms with Crippen LogP contribution in [0, 0.1) is 0 Å². The molecule has 0 saturated heterocycles. The third kappa shape index (κ3) is 0.706. The van der Waals surface area contributed by atoms with E-state index >= 15 is 0 Å². The predicted molar refractivity (Wildman–Crippen MR) is 26.9 cm³/mol. The van der Waals surface area contributed by atoms with Crippen LogP contribution in [-0.2, 0) is 0 Å². The maximum absolute atomic E-state index is 3.80. The first-order chi connectivity index (χ1) is 3.30. The number of hydrogen-bond donors (Lipinski definition) is 0. The van der Waals surface area contributed by atoms with Crippen LogP contribution in [0.3, 0.4) is 0 Å². The second-order valence-electron chi connectivity index (χ2n) is 1.84. The second-order valence-corrected chi connectivity index (χ2v) is 1.84. The van der Waals surface area contributed by atoms with Gasteiger partial charge in [-0.1, -0.05) is 5.22 Å². The number of rotatable bonds is 0. The Hall–Kier alpha value is -0.600. The third-order valence-corrected chi connectivity index (χ3v) is 1.19. The van der Waals surface area contributed by atoms with Crippen LogP contribution in [-0.4, -0.2) is 24.6 Å². The Morgan fingerprint density at radius 2 is 2.43 bits per heavy atom. The fourth-order valence-corrected chi connectivity index (χ4v) is 0.461. The van der Waals surface area contributed by atoms with Gasteiger partial charge in [0.25, 0.3) is 0 Å². The molecule has 1 rings (SSSR count). The highest BCUT2D eigenvalue weighted by Gasteiger charge is 2.10. The number of likely N-dealkylation sites (N-methyl/N-ethyl adjacent to an activating group) is 1. The Morgan fingerprint density at radius 3 is 2.57 bits per heavy atom. The third-order valence-electron chi connectivity index (χ3n) is 1.19. The molecule has 0 spiro atoms. The molecule has 0 aromatic carbocycles. The molecule has 1 aliphatic rings. The van der Waals surface area contributed by atoms with Crippen LogP contribution in [0.4, 0.5) is 0 Å². The van der Waals surface area contributed by atoms with Gasteiger partial charge in [0.1, 0.15) is 0 Å². The molecule has 0 radical (unpaired) electrons. The van der Waals surface area contributed by atoms with Crippen molar-refractivity contribution < 1.29 is 0 Å². The van der Waals surface area contributed by atoms with E-state index in [2.05, 4.69) is 17.3 Å². The van der Waals surface area contributed by atoms with Crippen molar-refractivity contribution in [2.75, 3.05) is 13.6 Å². The Morgan fingerprint density at radius 1 is 1.71 bits per heavy atom. The van der Waals surface area contributed by atoms with Gasteiger partial charge >= 0.3 is 0 Å². The molecule has 0 saturated carbocycles. The maximum Gasteiger partial charge on any atom is 0.0838 e. The van der Waals surface area contributed by atoms with Gasteiger partial charge in [-0.25, -0.2) is 0 Å². The van der Waals surface area contributed by atoms with Crippen LogP contribution in [0.5, 0.6) is 0 Å². The topological polar surface area (TPSA) is 28.0 Å². The maximum atomic E-state index is 3.80. The quantitative estimate of drug-likeness (QED) is 0.439. The second kappa shape index (κ2) is 1.48. The van der Waals surface area contributed by atoms with Crippen molar-refractivity contribution in [2.45, 2.75) is 13.0 Å². The van der Waals surface area contributed by atoms with Crippen LogP contribution in [0.15, 0.2) is 10.3 Å². The minimum Gasteiger partial charge on any atom is -0.277 e. The highest BCUT2D eigenvalue weighted by atomic mass is 15.6. The zero-order valence-electron chi connectivity index (χ0n) is 4.63. The lowest BCUT2D eigenvalue weighted by Gasteiger charge is -2.08. The average Bonchev–Trinajstić information content (AvgIpc) is 1.91. The zero-order chi connectivity index (χ0) is 5.28. The van der Waals surface area contributed by atoms with Crippen molar-refractivity contribution in [3.05, 3.63) is 0 Å². The summed E-state index contributed by atoms with van der Waals surface area (Å²) in [5, 5.41) is 9.43. The molecule has 0 N–H and O–H groups in total. The molecule has 0 unspecified atom stereocenters. The molecule has 3 heteroatoms. The van der Waals surface area contributed by atoms with Gasteiger partial charge in [0.15, 0.2) is 0 Å². The van der Waals surface area contributed by atoms with E-state index in [4.69, 9.17) is 0 Å². The summed E-state index contributed by atoms with van der Waals surface area (Å²) in [4.78, 5) is 0. The summed E-state index contributed by atoms with van der Waals surface area (Å²) in [7, 11) is 1.93. The molecule has 3 nitrogen and oxygen atoms in total. The number of hydrogen-bond acceptors (Lipinski definition) is 3. The van der Waals surface area contributed by atoms with Crippen LogP contribution < -0.4 is 0 Å². The lowest BCUT2D eigenvalue weighted by Crippen LogP contribution is -2.20. The molecule has 0 aliphatic carbocycles. The molecule has 0 fully saturated rings. The van der Waals surface area contributed by atoms with E-state index in [-0.39, 0.29) is 0 Å². The van der Waals surface area contributed by atoms with Gasteiger partial charge in [-0.05, 0) is 6.92 Å². The van der Waals surface area contributed by atoms with Gasteiger partial charge in [-0.3, -0.25) is 5.01 Å². The monoisotopic (exact) mass is 99.1 g/mol. The fourth-order valence-electron chi connectivity index (χ4n) is 0.461. The number of nitrogens with zero attached hydrogens (tertiary/aromatic N) is 3. The predicted octanol–water partition coefficient (Wildman–Crippen LogP) is 0.688. The van der Waals surface area contributed by atoms with E-state index in [0.29, 0.717) is 6.04 Å². The molecule has 7 heavy (non-hydrogen) atoms. The molecule has 1 atom stereocenters. The van der Waals surface area contributed by atoms with E-state index in [1.807, 2.05) is 12.1 Å². The van der Waals surface area contributed by atoms with Gasteiger partial charge in [0.2, 0.25) is 0 Å². The highest BCUT2D eigenvalue weighted by molar-refractivity contribution is 4.64. The molecule has 1 heterocycles. The Kier molecular flexibility index (Phi) is 0.964. The molecule has 1 aliphatic heterocycles. The summed E-state index contributed by atoms with van der Waals surface area (Å²) in [6.07, 6.45) is 0. The van der Waals surface area contributed by atoms with Crippen molar-refractivity contribution in [1.82, 2.24) is 5.01 Å². The van der Waals surface area contributed by atoms with Crippen molar-refractivity contribution >= 4 is 0 Å². The van der Waals surface area contributed by atoms with Gasteiger partial charge in [-0.15, -0.1) is 0 Å². The zero-order valence-corrected chi connectivity index (χ0v) is 4.63. The minimum absolute atomic E-state index is 0.514. The molecule has 0 aromatic heterocycles. The van der Waals surface area contributed by atoms with E-state index in [9.17, 15) is 0 Å². The summed E-state index contributed by atoms with van der Waals surface area (Å²) in [5.74, 6) is 0. The summed E-state index contributed by atoms with van der Waals surface area (Å²) in [5.41, 5.74) is 0. The van der Waals surface area contributed by atoms with Crippen molar-refractivity contribution in [3.8, 4) is 0 Å². The molecular weight excluding hydrogens is 90.1 g/mol. The van der Waals surface area contributed by atoms with E-state index in [1.165, 1.54) is 0 Å². The first-order valence-electron chi connectivity index (χ1n) is 2.41. The Bertz CT molecular complexity index is 88.9. The van der Waals surface area contributed by atoms with Crippen LogP contribution in [0.25, 0.3) is 0 Å². The van der Waals surface area contributed by atoms with Gasteiger partial charge < -0.3 is 0 Å². The van der Waals surface area contributed by atoms with Crippen LogP contribution >= 0.6 is 0 Å². The highest BCUT2D eigenvalue weighted by Crippen LogP contribution is 2.03. The van der Waals surface area contributed by atoms with Crippen LogP contribution in [0.2, 0.25) is 0 Å². The lowest BCUT2D eigenvalue weighted by molar-refractivity contribution is 0.311. The fraction of sp³-hybridized carbons (Fsp3) is 1.00. The van der Waals surface area contributed by atoms with E-state index in [0.717, 1.165) is 6.54 Å². The lowest BCUT2D eigenvalue weighted by atomic mass is 10.4. The molecule has 0 aromatic rings. The van der Waals surface area contributed by atoms with Gasteiger partial charge in [-0.2, -0.15) is 5.11 Å². The Labute approximate surface area is 43.0 Å². The van der Waals surface area contributed by atoms with Gasteiger partial charge in [0, 0.05) is 7.05 Å². The largest absolute Gasteiger partial charge is 0.277 e. The molecule has 0 bridgehead atoms. The summed E-state index contributed by atoms with van der Waals surface area (Å²) < 4.78 is 0. The van der Waals surface area contributed by atoms with E-state index in [1.54, 1.807) is 0 Å². The normalized spacial score (nSPS) is 29.4. The standard InChI is InChI=1S/C4H9N3/c1-4-3-5-6-7(4)2/h4H,3H2,1-2H3/t4-/m1/s1. The summed E-state index contributed by atoms with van der Waals surface area (Å²) in [6, 6.07) is 0.514. The molecule has 0 amide bonds. The molecular formula is C4H9N3. The van der Waals surface area contributed by atoms with Gasteiger partial charge in [0.05, 0.1) is 12.6 Å². The van der Waals surface area contributed by atoms with Crippen molar-refractivity contribution in [2.24, 2.45) is 10.3 Å². The Balaban J connectivity index is 2.45. The SMILES string of the molecule is C[C@@H]1CN=NN1C. The van der Waals surface area contributed by atoms with Crippen LogP contribution in [0.1, 0.15) is 6.92 Å². The molecule has 40 valence electrons. The van der Waals surface area contributed by atoms with Crippen molar-refractivity contribution in [3.63, 3.8) is 0 Å².